The van der Waals surface area contributed by atoms with Gasteiger partial charge >= 0.3 is 0 Å². The largest absolute Gasteiger partial charge is 0.387 e. The molecular weight excluding hydrogens is 502 g/mol. The van der Waals surface area contributed by atoms with Crippen molar-refractivity contribution in [2.45, 2.75) is 30.7 Å². The number of carbonyl (C=O) groups is 3. The first kappa shape index (κ1) is 29.6. The van der Waals surface area contributed by atoms with Crippen LogP contribution in [0.15, 0.2) is 66.9 Å². The van der Waals surface area contributed by atoms with Crippen LogP contribution < -0.4 is 27.8 Å². The quantitative estimate of drug-likeness (QED) is 0.145. The summed E-state index contributed by atoms with van der Waals surface area (Å²) >= 11 is 0. The summed E-state index contributed by atoms with van der Waals surface area (Å²) in [5.74, 6) is -2.10. The molecule has 1 aromatic heterocycles. The van der Waals surface area contributed by atoms with Gasteiger partial charge in [0, 0.05) is 31.6 Å². The molecule has 0 bridgehead atoms. The number of benzene rings is 2. The third-order valence-electron chi connectivity index (χ3n) is 6.13. The third kappa shape index (κ3) is 8.02. The van der Waals surface area contributed by atoms with E-state index in [0.29, 0.717) is 16.8 Å². The van der Waals surface area contributed by atoms with E-state index in [2.05, 4.69) is 15.6 Å². The van der Waals surface area contributed by atoms with Crippen LogP contribution in [-0.4, -0.2) is 82.2 Å². The Balaban J connectivity index is 1.79. The SMILES string of the molecule is NCCN(CCN)C(=O)C[C@H](N)C(=O)N[C@H](C(=O)Nc1cnc2ccccc2c1)C(O)C(O)c1ccccc1. The van der Waals surface area contributed by atoms with Crippen LogP contribution in [0.4, 0.5) is 5.69 Å². The summed E-state index contributed by atoms with van der Waals surface area (Å²) in [6.45, 7) is 0.916. The summed E-state index contributed by atoms with van der Waals surface area (Å²) in [4.78, 5) is 44.6. The maximum Gasteiger partial charge on any atom is 0.249 e. The number of pyridine rings is 1. The molecule has 2 unspecified atom stereocenters. The predicted molar refractivity (Wildman–Crippen MR) is 147 cm³/mol. The van der Waals surface area contributed by atoms with Crippen LogP contribution in [0.25, 0.3) is 10.9 Å². The molecular formula is C27H35N7O5. The number of fused-ring (bicyclic) bond motifs is 1. The fourth-order valence-corrected chi connectivity index (χ4v) is 4.04. The van der Waals surface area contributed by atoms with Gasteiger partial charge in [-0.05, 0) is 17.7 Å². The number of hydrogen-bond acceptors (Lipinski definition) is 9. The number of rotatable bonds is 13. The van der Waals surface area contributed by atoms with Crippen molar-refractivity contribution in [1.29, 1.82) is 0 Å². The molecule has 3 rings (SSSR count). The van der Waals surface area contributed by atoms with Crippen LogP contribution in [0, 0.1) is 0 Å². The second-order valence-electron chi connectivity index (χ2n) is 9.01. The van der Waals surface area contributed by atoms with Crippen molar-refractivity contribution < 1.29 is 24.6 Å². The lowest BCUT2D eigenvalue weighted by Gasteiger charge is -2.28. The molecule has 0 saturated heterocycles. The predicted octanol–water partition coefficient (Wildman–Crippen LogP) is -0.784. The molecule has 0 spiro atoms. The average molecular weight is 538 g/mol. The molecule has 2 aromatic carbocycles. The molecule has 3 aromatic rings. The van der Waals surface area contributed by atoms with Crippen LogP contribution in [0.2, 0.25) is 0 Å². The molecule has 3 amide bonds. The van der Waals surface area contributed by atoms with E-state index in [1.54, 1.807) is 36.4 Å². The number of carbonyl (C=O) groups excluding carboxylic acids is 3. The smallest absolute Gasteiger partial charge is 0.249 e. The van der Waals surface area contributed by atoms with Gasteiger partial charge in [0.1, 0.15) is 18.2 Å². The molecule has 0 aliphatic rings. The van der Waals surface area contributed by atoms with Crippen molar-refractivity contribution in [2.24, 2.45) is 17.2 Å². The first-order chi connectivity index (χ1) is 18.7. The fraction of sp³-hybridized carbons (Fsp3) is 0.333. The molecule has 4 atom stereocenters. The number of anilines is 1. The van der Waals surface area contributed by atoms with E-state index in [-0.39, 0.29) is 32.6 Å². The highest BCUT2D eigenvalue weighted by molar-refractivity contribution is 6.00. The zero-order valence-corrected chi connectivity index (χ0v) is 21.4. The van der Waals surface area contributed by atoms with Crippen molar-refractivity contribution in [2.75, 3.05) is 31.5 Å². The molecule has 0 radical (unpaired) electrons. The van der Waals surface area contributed by atoms with Crippen LogP contribution in [-0.2, 0) is 14.4 Å². The van der Waals surface area contributed by atoms with Crippen LogP contribution in [0.5, 0.6) is 0 Å². The van der Waals surface area contributed by atoms with Crippen LogP contribution in [0.3, 0.4) is 0 Å². The van der Waals surface area contributed by atoms with E-state index < -0.39 is 42.0 Å². The number of amides is 3. The van der Waals surface area contributed by atoms with Crippen molar-refractivity contribution in [3.8, 4) is 0 Å². The van der Waals surface area contributed by atoms with Gasteiger partial charge in [-0.1, -0.05) is 48.5 Å². The first-order valence-electron chi connectivity index (χ1n) is 12.6. The summed E-state index contributed by atoms with van der Waals surface area (Å²) in [6.07, 6.45) is -2.20. The molecule has 39 heavy (non-hydrogen) atoms. The van der Waals surface area contributed by atoms with Crippen LogP contribution in [0.1, 0.15) is 18.1 Å². The topological polar surface area (TPSA) is 210 Å². The minimum absolute atomic E-state index is 0.211. The highest BCUT2D eigenvalue weighted by Gasteiger charge is 2.36. The van der Waals surface area contributed by atoms with Gasteiger partial charge in [-0.25, -0.2) is 0 Å². The summed E-state index contributed by atoms with van der Waals surface area (Å²) in [5, 5.41) is 27.6. The standard InChI is InChI=1S/C27H35N7O5/c28-10-12-34(13-11-29)22(35)15-20(30)26(38)33-23(25(37)24(36)17-6-2-1-3-7-17)27(39)32-19-14-18-8-4-5-9-21(18)31-16-19/h1-9,14,16,20,23-25,36-37H,10-13,15,28-30H2,(H,32,39)(H,33,38)/t20-,23-,24?,25?/m0/s1. The third-order valence-corrected chi connectivity index (χ3v) is 6.13. The molecule has 10 N–H and O–H groups in total. The average Bonchev–Trinajstić information content (AvgIpc) is 2.95. The molecule has 1 heterocycles. The Morgan fingerprint density at radius 2 is 1.56 bits per heavy atom. The van der Waals surface area contributed by atoms with Gasteiger partial charge in [0.05, 0.1) is 29.9 Å². The second kappa shape index (κ2) is 14.3. The van der Waals surface area contributed by atoms with E-state index in [1.807, 2.05) is 24.3 Å². The van der Waals surface area contributed by atoms with Gasteiger partial charge in [-0.2, -0.15) is 0 Å². The number of aliphatic hydroxyl groups excluding tert-OH is 2. The Morgan fingerprint density at radius 1 is 0.923 bits per heavy atom. The Labute approximate surface area is 226 Å². The molecule has 0 saturated carbocycles. The van der Waals surface area contributed by atoms with Gasteiger partial charge in [-0.15, -0.1) is 0 Å². The zero-order valence-electron chi connectivity index (χ0n) is 21.4. The fourth-order valence-electron chi connectivity index (χ4n) is 4.04. The summed E-state index contributed by atoms with van der Waals surface area (Å²) in [7, 11) is 0. The monoisotopic (exact) mass is 537 g/mol. The van der Waals surface area contributed by atoms with Crippen molar-refractivity contribution in [3.63, 3.8) is 0 Å². The van der Waals surface area contributed by atoms with Gasteiger partial charge in [-0.3, -0.25) is 19.4 Å². The van der Waals surface area contributed by atoms with Crippen molar-refractivity contribution >= 4 is 34.3 Å². The maximum absolute atomic E-state index is 13.3. The molecule has 208 valence electrons. The minimum atomic E-state index is -1.75. The number of aromatic nitrogens is 1. The lowest BCUT2D eigenvalue weighted by Crippen LogP contribution is -2.57. The Hall–Kier alpha value is -3.94. The van der Waals surface area contributed by atoms with Gasteiger partial charge in [0.2, 0.25) is 17.7 Å². The van der Waals surface area contributed by atoms with E-state index in [9.17, 15) is 24.6 Å². The maximum atomic E-state index is 13.3. The minimum Gasteiger partial charge on any atom is -0.387 e. The highest BCUT2D eigenvalue weighted by Crippen LogP contribution is 2.21. The summed E-state index contributed by atoms with van der Waals surface area (Å²) in [6, 6.07) is 14.2. The number of nitrogens with one attached hydrogen (secondary N) is 2. The lowest BCUT2D eigenvalue weighted by molar-refractivity contribution is -0.136. The summed E-state index contributed by atoms with van der Waals surface area (Å²) < 4.78 is 0. The zero-order chi connectivity index (χ0) is 28.4. The van der Waals surface area contributed by atoms with Crippen LogP contribution >= 0.6 is 0 Å². The van der Waals surface area contributed by atoms with Crippen molar-refractivity contribution in [3.05, 3.63) is 72.4 Å². The number of hydrogen-bond donors (Lipinski definition) is 7. The lowest BCUT2D eigenvalue weighted by atomic mass is 9.97. The Kier molecular flexibility index (Phi) is 10.8. The Bertz CT molecular complexity index is 1250. The molecule has 0 aliphatic carbocycles. The second-order valence-corrected chi connectivity index (χ2v) is 9.01. The highest BCUT2D eigenvalue weighted by atomic mass is 16.3. The Morgan fingerprint density at radius 3 is 2.23 bits per heavy atom. The summed E-state index contributed by atoms with van der Waals surface area (Å²) in [5.41, 5.74) is 18.5. The molecule has 0 fully saturated rings. The normalized spacial score (nSPS) is 14.2. The van der Waals surface area contributed by atoms with Gasteiger partial charge in [0.15, 0.2) is 0 Å². The number of para-hydroxylation sites is 1. The van der Waals surface area contributed by atoms with Gasteiger partial charge in [0.25, 0.3) is 0 Å². The first-order valence-corrected chi connectivity index (χ1v) is 12.6. The van der Waals surface area contributed by atoms with E-state index in [1.165, 1.54) is 11.1 Å². The van der Waals surface area contributed by atoms with Gasteiger partial charge < -0.3 is 42.9 Å². The number of nitrogens with zero attached hydrogens (tertiary/aromatic N) is 2. The molecule has 12 heteroatoms. The van der Waals surface area contributed by atoms with E-state index in [0.717, 1.165) is 5.39 Å². The molecule has 12 nitrogen and oxygen atoms in total. The number of nitrogens with two attached hydrogens (primary N) is 3. The van der Waals surface area contributed by atoms with E-state index in [4.69, 9.17) is 17.2 Å². The van der Waals surface area contributed by atoms with E-state index >= 15 is 0 Å². The number of aliphatic hydroxyl groups is 2. The molecule has 0 aliphatic heterocycles. The van der Waals surface area contributed by atoms with Crippen molar-refractivity contribution in [1.82, 2.24) is 15.2 Å².